The summed E-state index contributed by atoms with van der Waals surface area (Å²) in [5, 5.41) is 18.8. The van der Waals surface area contributed by atoms with Crippen molar-refractivity contribution in [2.75, 3.05) is 0 Å². The maximum atomic E-state index is 10.5. The molecule has 175 valence electrons. The number of hydrogen-bond acceptors (Lipinski definition) is 4. The molecule has 7 nitrogen and oxygen atoms in total. The molecule has 14 heteroatoms. The highest BCUT2D eigenvalue weighted by Gasteiger charge is 2.16. The number of aliphatic carboxylic acids is 2. The number of carbonyl (C=O) groups is 2. The molecular weight excluding hydrogens is 568 g/mol. The molecule has 2 unspecified atom stereocenters. The van der Waals surface area contributed by atoms with Crippen LogP contribution < -0.4 is 9.47 Å². The summed E-state index contributed by atoms with van der Waals surface area (Å²) in [6, 6.07) is 5.56. The molecule has 2 aromatic carbocycles. The van der Waals surface area contributed by atoms with Crippen LogP contribution in [-0.4, -0.2) is 57.2 Å². The van der Waals surface area contributed by atoms with Crippen molar-refractivity contribution in [1.82, 2.24) is 0 Å². The van der Waals surface area contributed by atoms with E-state index in [0.29, 0.717) is 0 Å². The molecular formula is C18H16AlCl6O7. The summed E-state index contributed by atoms with van der Waals surface area (Å²) >= 11 is 34.4. The van der Waals surface area contributed by atoms with Crippen LogP contribution in [0.5, 0.6) is 11.5 Å². The van der Waals surface area contributed by atoms with Crippen LogP contribution >= 0.6 is 69.6 Å². The number of hydrogen-bond donors (Lipinski definition) is 2. The lowest BCUT2D eigenvalue weighted by Crippen LogP contribution is -2.22. The molecule has 0 saturated carbocycles. The summed E-state index contributed by atoms with van der Waals surface area (Å²) in [7, 11) is 0. The van der Waals surface area contributed by atoms with E-state index in [0.717, 1.165) is 0 Å². The Labute approximate surface area is 224 Å². The van der Waals surface area contributed by atoms with Gasteiger partial charge in [0.2, 0.25) is 0 Å². The molecule has 0 fully saturated rings. The molecule has 0 bridgehead atoms. The van der Waals surface area contributed by atoms with Gasteiger partial charge in [-0.15, -0.1) is 0 Å². The van der Waals surface area contributed by atoms with Crippen molar-refractivity contribution in [2.45, 2.75) is 26.1 Å². The first kappa shape index (κ1) is 33.4. The van der Waals surface area contributed by atoms with Gasteiger partial charge in [-0.2, -0.15) is 0 Å². The second-order valence-electron chi connectivity index (χ2n) is 5.59. The lowest BCUT2D eigenvalue weighted by molar-refractivity contribution is -0.145. The SMILES string of the molecule is CC(Oc1cc(Cl)c(Cl)cc1Cl)C(=O)O.CC(Oc1cc(Cl)c(Cl)cc1Cl)C(=O)O.O.[Al]. The Kier molecular flexibility index (Phi) is 15.8. The van der Waals surface area contributed by atoms with Gasteiger partial charge in [0.05, 0.1) is 30.1 Å². The van der Waals surface area contributed by atoms with Crippen LogP contribution in [0.4, 0.5) is 0 Å². The Balaban J connectivity index is 0. The monoisotopic (exact) mass is 581 g/mol. The predicted octanol–water partition coefficient (Wildman–Crippen LogP) is 5.79. The van der Waals surface area contributed by atoms with Gasteiger partial charge >= 0.3 is 11.9 Å². The number of ether oxygens (including phenoxy) is 2. The quantitative estimate of drug-likeness (QED) is 0.327. The summed E-state index contributed by atoms with van der Waals surface area (Å²) in [6.45, 7) is 2.78. The van der Waals surface area contributed by atoms with Gasteiger partial charge in [0.1, 0.15) is 11.5 Å². The molecule has 2 aromatic rings. The molecule has 4 N–H and O–H groups in total. The van der Waals surface area contributed by atoms with Crippen LogP contribution in [-0.2, 0) is 9.59 Å². The minimum Gasteiger partial charge on any atom is -0.479 e. The van der Waals surface area contributed by atoms with Crippen LogP contribution in [0.3, 0.4) is 0 Å². The summed E-state index contributed by atoms with van der Waals surface area (Å²) in [5.41, 5.74) is 0. The highest BCUT2D eigenvalue weighted by atomic mass is 35.5. The smallest absolute Gasteiger partial charge is 0.344 e. The third-order valence-corrected chi connectivity index (χ3v) is 5.29. The molecule has 0 heterocycles. The first-order valence-electron chi connectivity index (χ1n) is 7.91. The van der Waals surface area contributed by atoms with Gasteiger partial charge in [0.25, 0.3) is 0 Å². The molecule has 32 heavy (non-hydrogen) atoms. The molecule has 0 aliphatic rings. The van der Waals surface area contributed by atoms with Crippen LogP contribution in [0.1, 0.15) is 13.8 Å². The van der Waals surface area contributed by atoms with Crippen molar-refractivity contribution in [3.05, 3.63) is 54.4 Å². The van der Waals surface area contributed by atoms with Gasteiger partial charge in [-0.1, -0.05) is 69.6 Å². The standard InChI is InChI=1S/2C9H7Cl3O3.Al.H2O/c2*1-4(9(13)14)15-8-3-6(11)5(10)2-7(8)12;;/h2*2-4H,1H3,(H,13,14);;1H2. The molecule has 0 spiro atoms. The molecule has 2 atom stereocenters. The summed E-state index contributed by atoms with van der Waals surface area (Å²) < 4.78 is 10.1. The maximum Gasteiger partial charge on any atom is 0.344 e. The van der Waals surface area contributed by atoms with E-state index in [4.69, 9.17) is 89.3 Å². The maximum absolute atomic E-state index is 10.5. The number of halogens is 6. The van der Waals surface area contributed by atoms with Crippen LogP contribution in [0.15, 0.2) is 24.3 Å². The van der Waals surface area contributed by atoms with Gasteiger partial charge in [0, 0.05) is 29.5 Å². The van der Waals surface area contributed by atoms with Crippen molar-refractivity contribution >= 4 is 98.9 Å². The van der Waals surface area contributed by atoms with E-state index in [9.17, 15) is 9.59 Å². The molecule has 0 saturated heterocycles. The molecule has 0 aliphatic heterocycles. The van der Waals surface area contributed by atoms with E-state index in [1.807, 2.05) is 0 Å². The average Bonchev–Trinajstić information content (AvgIpc) is 2.64. The summed E-state index contributed by atoms with van der Waals surface area (Å²) in [5.74, 6) is -1.78. The number of benzene rings is 2. The van der Waals surface area contributed by atoms with Crippen molar-refractivity contribution in [2.24, 2.45) is 0 Å². The van der Waals surface area contributed by atoms with Crippen molar-refractivity contribution < 1.29 is 34.8 Å². The Morgan fingerprint density at radius 3 is 1.16 bits per heavy atom. The predicted molar refractivity (Wildman–Crippen MR) is 128 cm³/mol. The van der Waals surface area contributed by atoms with Gasteiger partial charge < -0.3 is 25.2 Å². The van der Waals surface area contributed by atoms with E-state index < -0.39 is 24.1 Å². The van der Waals surface area contributed by atoms with Crippen LogP contribution in [0, 0.1) is 0 Å². The lowest BCUT2D eigenvalue weighted by Gasteiger charge is -2.12. The van der Waals surface area contributed by atoms with Crippen LogP contribution in [0.25, 0.3) is 0 Å². The van der Waals surface area contributed by atoms with E-state index in [1.165, 1.54) is 38.1 Å². The highest BCUT2D eigenvalue weighted by Crippen LogP contribution is 2.35. The molecule has 3 radical (unpaired) electrons. The van der Waals surface area contributed by atoms with E-state index in [-0.39, 0.29) is 64.5 Å². The summed E-state index contributed by atoms with van der Waals surface area (Å²) in [6.07, 6.45) is -2.00. The van der Waals surface area contributed by atoms with Gasteiger partial charge in [-0.25, -0.2) is 9.59 Å². The number of carboxylic acid groups (broad SMARTS) is 2. The normalized spacial score (nSPS) is 11.5. The molecule has 0 aromatic heterocycles. The lowest BCUT2D eigenvalue weighted by atomic mass is 10.3. The fraction of sp³-hybridized carbons (Fsp3) is 0.222. The van der Waals surface area contributed by atoms with Gasteiger partial charge in [0.15, 0.2) is 12.2 Å². The number of carboxylic acids is 2. The van der Waals surface area contributed by atoms with Gasteiger partial charge in [-0.3, -0.25) is 0 Å². The van der Waals surface area contributed by atoms with Gasteiger partial charge in [-0.05, 0) is 26.0 Å². The molecule has 0 aliphatic carbocycles. The Morgan fingerprint density at radius 2 is 0.906 bits per heavy atom. The fourth-order valence-electron chi connectivity index (χ4n) is 1.67. The first-order valence-corrected chi connectivity index (χ1v) is 10.2. The fourth-order valence-corrected chi connectivity index (χ4v) is 2.83. The van der Waals surface area contributed by atoms with E-state index in [1.54, 1.807) is 0 Å². The second-order valence-corrected chi connectivity index (χ2v) is 8.03. The zero-order valence-electron chi connectivity index (χ0n) is 16.3. The van der Waals surface area contributed by atoms with Crippen molar-refractivity contribution in [3.63, 3.8) is 0 Å². The van der Waals surface area contributed by atoms with Crippen molar-refractivity contribution in [1.29, 1.82) is 0 Å². The zero-order chi connectivity index (χ0) is 23.2. The third kappa shape index (κ3) is 10.4. The Hall–Kier alpha value is -0.788. The van der Waals surface area contributed by atoms with E-state index >= 15 is 0 Å². The average molecular weight is 584 g/mol. The highest BCUT2D eigenvalue weighted by molar-refractivity contribution is 6.44. The zero-order valence-corrected chi connectivity index (χ0v) is 22.0. The third-order valence-electron chi connectivity index (χ3n) is 3.25. The summed E-state index contributed by atoms with van der Waals surface area (Å²) in [4.78, 5) is 21.1. The largest absolute Gasteiger partial charge is 0.479 e. The first-order chi connectivity index (χ1) is 13.8. The van der Waals surface area contributed by atoms with Crippen LogP contribution in [0.2, 0.25) is 30.1 Å². The minimum atomic E-state index is -1.09. The second kappa shape index (κ2) is 15.2. The Morgan fingerprint density at radius 1 is 0.656 bits per heavy atom. The molecule has 0 amide bonds. The number of rotatable bonds is 6. The Bertz CT molecular complexity index is 869. The topological polar surface area (TPSA) is 125 Å². The minimum absolute atomic E-state index is 0. The van der Waals surface area contributed by atoms with E-state index in [2.05, 4.69) is 0 Å². The molecule has 2 rings (SSSR count). The van der Waals surface area contributed by atoms with Crippen molar-refractivity contribution in [3.8, 4) is 11.5 Å².